The molecule has 0 unspecified atom stereocenters. The van der Waals surface area contributed by atoms with Crippen molar-refractivity contribution in [2.75, 3.05) is 31.4 Å². The minimum Gasteiger partial charge on any atom is -0.496 e. The standard InChI is InChI=1S/C19H20N2O5S/c1-24-15-4-2-3-5-17(15)27-11-8-18(22)21-19(23)20-13-6-7-14-16(12-13)26-10-9-25-14/h2-7,12H,8-11H2,1H3,(H2,20,21,22,23). The summed E-state index contributed by atoms with van der Waals surface area (Å²) in [6, 6.07) is 12.1. The summed E-state index contributed by atoms with van der Waals surface area (Å²) in [5.41, 5.74) is 0.521. The maximum Gasteiger partial charge on any atom is 0.325 e. The fourth-order valence-electron chi connectivity index (χ4n) is 2.46. The molecule has 142 valence electrons. The zero-order valence-corrected chi connectivity index (χ0v) is 15.6. The predicted octanol–water partition coefficient (Wildman–Crippen LogP) is 3.30. The second-order valence-electron chi connectivity index (χ2n) is 5.61. The average Bonchev–Trinajstić information content (AvgIpc) is 2.68. The summed E-state index contributed by atoms with van der Waals surface area (Å²) in [5, 5.41) is 4.93. The Kier molecular flexibility index (Phi) is 6.43. The van der Waals surface area contributed by atoms with Crippen LogP contribution in [0.5, 0.6) is 17.2 Å². The van der Waals surface area contributed by atoms with E-state index in [4.69, 9.17) is 14.2 Å². The zero-order chi connectivity index (χ0) is 19.1. The maximum absolute atomic E-state index is 12.0. The van der Waals surface area contributed by atoms with Crippen LogP contribution in [-0.2, 0) is 4.79 Å². The van der Waals surface area contributed by atoms with Gasteiger partial charge in [-0.3, -0.25) is 10.1 Å². The largest absolute Gasteiger partial charge is 0.496 e. The number of hydrogen-bond acceptors (Lipinski definition) is 6. The van der Waals surface area contributed by atoms with Gasteiger partial charge in [0.05, 0.1) is 7.11 Å². The molecule has 2 aromatic carbocycles. The minimum atomic E-state index is -0.584. The second-order valence-corrected chi connectivity index (χ2v) is 6.75. The van der Waals surface area contributed by atoms with E-state index in [9.17, 15) is 9.59 Å². The number of nitrogens with one attached hydrogen (secondary N) is 2. The normalized spacial score (nSPS) is 12.2. The van der Waals surface area contributed by atoms with Crippen molar-refractivity contribution in [2.45, 2.75) is 11.3 Å². The van der Waals surface area contributed by atoms with Crippen LogP contribution < -0.4 is 24.8 Å². The molecule has 0 aromatic heterocycles. The van der Waals surface area contributed by atoms with Gasteiger partial charge in [-0.1, -0.05) is 12.1 Å². The summed E-state index contributed by atoms with van der Waals surface area (Å²) >= 11 is 1.50. The summed E-state index contributed by atoms with van der Waals surface area (Å²) in [5.74, 6) is 2.14. The van der Waals surface area contributed by atoms with Crippen molar-refractivity contribution in [3.05, 3.63) is 42.5 Å². The van der Waals surface area contributed by atoms with Crippen LogP contribution in [0.4, 0.5) is 10.5 Å². The first kappa shape index (κ1) is 18.9. The van der Waals surface area contributed by atoms with E-state index < -0.39 is 6.03 Å². The molecule has 0 bridgehead atoms. The molecule has 0 saturated heterocycles. The fraction of sp³-hybridized carbons (Fsp3) is 0.263. The fourth-order valence-corrected chi connectivity index (χ4v) is 3.44. The number of thioether (sulfide) groups is 1. The molecule has 1 aliphatic rings. The molecular weight excluding hydrogens is 368 g/mol. The van der Waals surface area contributed by atoms with Gasteiger partial charge >= 0.3 is 6.03 Å². The molecule has 0 saturated carbocycles. The van der Waals surface area contributed by atoms with E-state index in [1.807, 2.05) is 24.3 Å². The molecule has 27 heavy (non-hydrogen) atoms. The number of urea groups is 1. The molecule has 3 amide bonds. The van der Waals surface area contributed by atoms with E-state index in [2.05, 4.69) is 10.6 Å². The molecular formula is C19H20N2O5S. The molecule has 0 fully saturated rings. The lowest BCUT2D eigenvalue weighted by atomic mass is 10.2. The van der Waals surface area contributed by atoms with Gasteiger partial charge in [-0.2, -0.15) is 0 Å². The highest BCUT2D eigenvalue weighted by Gasteiger charge is 2.14. The Morgan fingerprint density at radius 3 is 2.70 bits per heavy atom. The Labute approximate surface area is 161 Å². The van der Waals surface area contributed by atoms with Crippen LogP contribution in [0.3, 0.4) is 0 Å². The number of fused-ring (bicyclic) bond motifs is 1. The lowest BCUT2D eigenvalue weighted by molar-refractivity contribution is -0.119. The van der Waals surface area contributed by atoms with Crippen molar-refractivity contribution in [3.8, 4) is 17.2 Å². The third kappa shape index (κ3) is 5.30. The summed E-state index contributed by atoms with van der Waals surface area (Å²) < 4.78 is 16.2. The Hall–Kier alpha value is -2.87. The van der Waals surface area contributed by atoms with Crippen LogP contribution in [0.1, 0.15) is 6.42 Å². The number of ether oxygens (including phenoxy) is 3. The molecule has 7 nitrogen and oxygen atoms in total. The summed E-state index contributed by atoms with van der Waals surface area (Å²) in [4.78, 5) is 24.9. The number of imide groups is 1. The van der Waals surface area contributed by atoms with Gasteiger partial charge in [0, 0.05) is 28.8 Å². The first-order valence-corrected chi connectivity index (χ1v) is 9.40. The molecule has 0 atom stereocenters. The number of anilines is 1. The van der Waals surface area contributed by atoms with Gasteiger partial charge < -0.3 is 19.5 Å². The van der Waals surface area contributed by atoms with Crippen LogP contribution in [0.2, 0.25) is 0 Å². The monoisotopic (exact) mass is 388 g/mol. The average molecular weight is 388 g/mol. The topological polar surface area (TPSA) is 85.9 Å². The SMILES string of the molecule is COc1ccccc1SCCC(=O)NC(=O)Nc1ccc2c(c1)OCCO2. The third-order valence-corrected chi connectivity index (χ3v) is 4.77. The number of rotatable bonds is 6. The van der Waals surface area contributed by atoms with Crippen molar-refractivity contribution >= 4 is 29.4 Å². The van der Waals surface area contributed by atoms with E-state index in [1.54, 1.807) is 25.3 Å². The number of hydrogen-bond donors (Lipinski definition) is 2. The minimum absolute atomic E-state index is 0.206. The highest BCUT2D eigenvalue weighted by atomic mass is 32.2. The maximum atomic E-state index is 12.0. The van der Waals surface area contributed by atoms with Crippen LogP contribution in [0, 0.1) is 0 Å². The van der Waals surface area contributed by atoms with Crippen molar-refractivity contribution in [2.24, 2.45) is 0 Å². The molecule has 1 aliphatic heterocycles. The molecule has 0 spiro atoms. The Bertz CT molecular complexity index is 827. The van der Waals surface area contributed by atoms with Gasteiger partial charge in [-0.15, -0.1) is 11.8 Å². The van der Waals surface area contributed by atoms with Gasteiger partial charge in [-0.05, 0) is 24.3 Å². The van der Waals surface area contributed by atoms with Gasteiger partial charge in [0.15, 0.2) is 11.5 Å². The van der Waals surface area contributed by atoms with Crippen LogP contribution >= 0.6 is 11.8 Å². The predicted molar refractivity (Wildman–Crippen MR) is 103 cm³/mol. The van der Waals surface area contributed by atoms with Crippen molar-refractivity contribution < 1.29 is 23.8 Å². The lowest BCUT2D eigenvalue weighted by Crippen LogP contribution is -2.34. The summed E-state index contributed by atoms with van der Waals surface area (Å²) in [6.07, 6.45) is 0.206. The zero-order valence-electron chi connectivity index (χ0n) is 14.8. The number of carbonyl (C=O) groups is 2. The number of carbonyl (C=O) groups excluding carboxylic acids is 2. The summed E-state index contributed by atoms with van der Waals surface area (Å²) in [7, 11) is 1.61. The third-order valence-electron chi connectivity index (χ3n) is 3.71. The van der Waals surface area contributed by atoms with E-state index in [1.165, 1.54) is 11.8 Å². The van der Waals surface area contributed by atoms with Gasteiger partial charge in [0.25, 0.3) is 0 Å². The van der Waals surface area contributed by atoms with Crippen molar-refractivity contribution in [1.82, 2.24) is 5.32 Å². The molecule has 8 heteroatoms. The number of para-hydroxylation sites is 1. The summed E-state index contributed by atoms with van der Waals surface area (Å²) in [6.45, 7) is 0.965. The first-order valence-electron chi connectivity index (χ1n) is 8.42. The Balaban J connectivity index is 1.44. The first-order chi connectivity index (χ1) is 13.2. The van der Waals surface area contributed by atoms with E-state index >= 15 is 0 Å². The Morgan fingerprint density at radius 1 is 1.11 bits per heavy atom. The quantitative estimate of drug-likeness (QED) is 0.739. The molecule has 3 rings (SSSR count). The van der Waals surface area contributed by atoms with Gasteiger partial charge in [0.1, 0.15) is 19.0 Å². The number of amides is 3. The number of benzene rings is 2. The molecule has 0 radical (unpaired) electrons. The van der Waals surface area contributed by atoms with Gasteiger partial charge in [-0.25, -0.2) is 4.79 Å². The smallest absolute Gasteiger partial charge is 0.325 e. The molecule has 1 heterocycles. The highest BCUT2D eigenvalue weighted by Crippen LogP contribution is 2.32. The van der Waals surface area contributed by atoms with Crippen molar-refractivity contribution in [1.29, 1.82) is 0 Å². The number of methoxy groups -OCH3 is 1. The highest BCUT2D eigenvalue weighted by molar-refractivity contribution is 7.99. The van der Waals surface area contributed by atoms with Crippen LogP contribution in [0.15, 0.2) is 47.4 Å². The van der Waals surface area contributed by atoms with E-state index in [0.717, 1.165) is 10.6 Å². The molecule has 0 aliphatic carbocycles. The lowest BCUT2D eigenvalue weighted by Gasteiger charge is -2.19. The van der Waals surface area contributed by atoms with Crippen molar-refractivity contribution in [3.63, 3.8) is 0 Å². The van der Waals surface area contributed by atoms with Gasteiger partial charge in [0.2, 0.25) is 5.91 Å². The Morgan fingerprint density at radius 2 is 1.89 bits per heavy atom. The van der Waals surface area contributed by atoms with Crippen LogP contribution in [-0.4, -0.2) is 38.0 Å². The van der Waals surface area contributed by atoms with E-state index in [-0.39, 0.29) is 12.3 Å². The molecule has 2 aromatic rings. The molecule has 2 N–H and O–H groups in total. The van der Waals surface area contributed by atoms with Crippen LogP contribution in [0.25, 0.3) is 0 Å². The van der Waals surface area contributed by atoms with E-state index in [0.29, 0.717) is 36.2 Å². The second kappa shape index (κ2) is 9.18.